The summed E-state index contributed by atoms with van der Waals surface area (Å²) in [6, 6.07) is 6.53. The normalized spacial score (nSPS) is 18.7. The smallest absolute Gasteiger partial charge is 0.371 e. The van der Waals surface area contributed by atoms with Crippen LogP contribution in [0.25, 0.3) is 11.0 Å². The predicted octanol–water partition coefficient (Wildman–Crippen LogP) is 2.03. The fourth-order valence-electron chi connectivity index (χ4n) is 2.49. The highest BCUT2D eigenvalue weighted by Crippen LogP contribution is 2.24. The molecule has 2 heterocycles. The molecule has 6 heteroatoms. The van der Waals surface area contributed by atoms with E-state index in [1.165, 1.54) is 11.0 Å². The van der Waals surface area contributed by atoms with Gasteiger partial charge < -0.3 is 9.52 Å². The summed E-state index contributed by atoms with van der Waals surface area (Å²) in [5.74, 6) is -1.88. The van der Waals surface area contributed by atoms with Crippen molar-refractivity contribution in [1.82, 2.24) is 4.90 Å². The summed E-state index contributed by atoms with van der Waals surface area (Å²) in [6.45, 7) is 1.93. The van der Waals surface area contributed by atoms with Crippen LogP contribution in [0, 0.1) is 5.92 Å². The van der Waals surface area contributed by atoms with E-state index in [0.29, 0.717) is 11.0 Å². The van der Waals surface area contributed by atoms with Crippen molar-refractivity contribution in [3.05, 3.63) is 35.6 Å². The first-order valence-electron chi connectivity index (χ1n) is 6.55. The number of carbonyl (C=O) groups is 3. The van der Waals surface area contributed by atoms with E-state index in [0.717, 1.165) is 5.56 Å². The van der Waals surface area contributed by atoms with Crippen molar-refractivity contribution in [2.45, 2.75) is 19.9 Å². The molecule has 1 aliphatic heterocycles. The Bertz CT molecular complexity index is 761. The van der Waals surface area contributed by atoms with Crippen molar-refractivity contribution in [3.8, 4) is 0 Å². The second-order valence-electron chi connectivity index (χ2n) is 5.21. The largest absolute Gasteiger partial charge is 0.475 e. The molecule has 3 rings (SSSR count). The second kappa shape index (κ2) is 4.73. The maximum atomic E-state index is 11.9. The van der Waals surface area contributed by atoms with E-state index in [1.807, 2.05) is 0 Å². The Hall–Kier alpha value is -2.63. The van der Waals surface area contributed by atoms with Crippen LogP contribution in [-0.4, -0.2) is 27.8 Å². The highest BCUT2D eigenvalue weighted by Gasteiger charge is 2.35. The van der Waals surface area contributed by atoms with Gasteiger partial charge in [-0.15, -0.1) is 0 Å². The Labute approximate surface area is 119 Å². The Morgan fingerprint density at radius 1 is 1.38 bits per heavy atom. The number of likely N-dealkylation sites (tertiary alicyclic amines) is 1. The van der Waals surface area contributed by atoms with Gasteiger partial charge in [-0.2, -0.15) is 0 Å². The number of carbonyl (C=O) groups excluding carboxylic acids is 2. The third-order valence-corrected chi connectivity index (χ3v) is 3.60. The van der Waals surface area contributed by atoms with Crippen molar-refractivity contribution in [2.24, 2.45) is 5.92 Å². The molecule has 1 saturated heterocycles. The highest BCUT2D eigenvalue weighted by atomic mass is 16.4. The number of carboxylic acid groups (broad SMARTS) is 1. The van der Waals surface area contributed by atoms with E-state index < -0.39 is 5.97 Å². The Balaban J connectivity index is 1.89. The molecule has 0 bridgehead atoms. The van der Waals surface area contributed by atoms with Gasteiger partial charge in [0.25, 0.3) is 0 Å². The van der Waals surface area contributed by atoms with E-state index in [1.54, 1.807) is 25.1 Å². The number of imide groups is 1. The molecule has 0 aliphatic carbocycles. The molecular formula is C15H13NO5. The summed E-state index contributed by atoms with van der Waals surface area (Å²) < 4.78 is 5.17. The molecule has 1 aromatic heterocycles. The molecule has 108 valence electrons. The molecule has 0 spiro atoms. The van der Waals surface area contributed by atoms with Crippen molar-refractivity contribution >= 4 is 28.8 Å². The molecule has 1 unspecified atom stereocenters. The van der Waals surface area contributed by atoms with Gasteiger partial charge in [0.15, 0.2) is 0 Å². The van der Waals surface area contributed by atoms with Gasteiger partial charge in [-0.3, -0.25) is 14.5 Å². The lowest BCUT2D eigenvalue weighted by molar-refractivity contribution is -0.139. The fourth-order valence-corrected chi connectivity index (χ4v) is 2.49. The van der Waals surface area contributed by atoms with E-state index in [-0.39, 0.29) is 36.5 Å². The van der Waals surface area contributed by atoms with Gasteiger partial charge in [0.05, 0.1) is 6.54 Å². The summed E-state index contributed by atoms with van der Waals surface area (Å²) >= 11 is 0. The summed E-state index contributed by atoms with van der Waals surface area (Å²) in [4.78, 5) is 35.8. The minimum absolute atomic E-state index is 0.135. The summed E-state index contributed by atoms with van der Waals surface area (Å²) in [5.41, 5.74) is 1.22. The standard InChI is InChI=1S/C15H13NO5/c1-8-4-13(17)16(14(8)18)7-9-2-3-11-10(5-9)6-12(21-11)15(19)20/h2-3,5-6,8H,4,7H2,1H3,(H,19,20). The van der Waals surface area contributed by atoms with Crippen LogP contribution in [0.3, 0.4) is 0 Å². The van der Waals surface area contributed by atoms with E-state index in [2.05, 4.69) is 0 Å². The minimum Gasteiger partial charge on any atom is -0.475 e. The number of hydrogen-bond donors (Lipinski definition) is 1. The molecule has 21 heavy (non-hydrogen) atoms. The lowest BCUT2D eigenvalue weighted by Gasteiger charge is -2.14. The first-order valence-corrected chi connectivity index (χ1v) is 6.55. The first kappa shape index (κ1) is 13.4. The van der Waals surface area contributed by atoms with Gasteiger partial charge in [-0.25, -0.2) is 4.79 Å². The number of furan rings is 1. The molecule has 2 aromatic rings. The van der Waals surface area contributed by atoms with Crippen molar-refractivity contribution < 1.29 is 23.9 Å². The lowest BCUT2D eigenvalue weighted by Crippen LogP contribution is -2.29. The van der Waals surface area contributed by atoms with Gasteiger partial charge in [0.1, 0.15) is 5.58 Å². The molecule has 6 nitrogen and oxygen atoms in total. The van der Waals surface area contributed by atoms with Crippen LogP contribution in [0.2, 0.25) is 0 Å². The molecule has 2 amide bonds. The maximum Gasteiger partial charge on any atom is 0.371 e. The average molecular weight is 287 g/mol. The number of carboxylic acids is 1. The highest BCUT2D eigenvalue weighted by molar-refractivity contribution is 6.03. The quantitative estimate of drug-likeness (QED) is 0.873. The molecule has 1 fully saturated rings. The van der Waals surface area contributed by atoms with Gasteiger partial charge in [-0.05, 0) is 23.8 Å². The topological polar surface area (TPSA) is 87.8 Å². The molecular weight excluding hydrogens is 274 g/mol. The molecule has 1 aliphatic rings. The first-order chi connectivity index (χ1) is 9.95. The summed E-state index contributed by atoms with van der Waals surface area (Å²) in [6.07, 6.45) is 0.246. The number of benzene rings is 1. The van der Waals surface area contributed by atoms with E-state index >= 15 is 0 Å². The number of aromatic carboxylic acids is 1. The maximum absolute atomic E-state index is 11.9. The van der Waals surface area contributed by atoms with Crippen molar-refractivity contribution in [3.63, 3.8) is 0 Å². The summed E-state index contributed by atoms with van der Waals surface area (Å²) in [5, 5.41) is 9.53. The van der Waals surface area contributed by atoms with Crippen molar-refractivity contribution in [1.29, 1.82) is 0 Å². The zero-order chi connectivity index (χ0) is 15.1. The molecule has 1 aromatic carbocycles. The zero-order valence-corrected chi connectivity index (χ0v) is 11.3. The average Bonchev–Trinajstić information content (AvgIpc) is 2.95. The third-order valence-electron chi connectivity index (χ3n) is 3.60. The van der Waals surface area contributed by atoms with Gasteiger partial charge in [-0.1, -0.05) is 13.0 Å². The molecule has 1 N–H and O–H groups in total. The lowest BCUT2D eigenvalue weighted by atomic mass is 10.1. The van der Waals surface area contributed by atoms with Gasteiger partial charge in [0, 0.05) is 17.7 Å². The van der Waals surface area contributed by atoms with Gasteiger partial charge in [0.2, 0.25) is 17.6 Å². The van der Waals surface area contributed by atoms with Crippen molar-refractivity contribution in [2.75, 3.05) is 0 Å². The van der Waals surface area contributed by atoms with Crippen LogP contribution in [-0.2, 0) is 16.1 Å². The molecule has 0 radical (unpaired) electrons. The Morgan fingerprint density at radius 3 is 2.76 bits per heavy atom. The molecule has 0 saturated carbocycles. The van der Waals surface area contributed by atoms with E-state index in [9.17, 15) is 14.4 Å². The second-order valence-corrected chi connectivity index (χ2v) is 5.21. The van der Waals surface area contributed by atoms with Crippen LogP contribution < -0.4 is 0 Å². The van der Waals surface area contributed by atoms with E-state index in [4.69, 9.17) is 9.52 Å². The number of amides is 2. The zero-order valence-electron chi connectivity index (χ0n) is 11.3. The Morgan fingerprint density at radius 2 is 2.14 bits per heavy atom. The van der Waals surface area contributed by atoms with Crippen LogP contribution in [0.5, 0.6) is 0 Å². The number of rotatable bonds is 3. The summed E-state index contributed by atoms with van der Waals surface area (Å²) in [7, 11) is 0. The molecule has 1 atom stereocenters. The predicted molar refractivity (Wildman–Crippen MR) is 72.5 cm³/mol. The van der Waals surface area contributed by atoms with Crippen LogP contribution in [0.4, 0.5) is 0 Å². The van der Waals surface area contributed by atoms with Crippen LogP contribution in [0.1, 0.15) is 29.5 Å². The third kappa shape index (κ3) is 2.29. The number of fused-ring (bicyclic) bond motifs is 1. The minimum atomic E-state index is -1.13. The SMILES string of the molecule is CC1CC(=O)N(Cc2ccc3oc(C(=O)O)cc3c2)C1=O. The van der Waals surface area contributed by atoms with Crippen LogP contribution in [0.15, 0.2) is 28.7 Å². The van der Waals surface area contributed by atoms with Crippen LogP contribution >= 0.6 is 0 Å². The number of nitrogens with zero attached hydrogens (tertiary/aromatic N) is 1. The van der Waals surface area contributed by atoms with Gasteiger partial charge >= 0.3 is 5.97 Å². The monoisotopic (exact) mass is 287 g/mol. The number of hydrogen-bond acceptors (Lipinski definition) is 4. The fraction of sp³-hybridized carbons (Fsp3) is 0.267. The Kier molecular flexibility index (Phi) is 3.01.